The first-order valence-electron chi connectivity index (χ1n) is 4.54. The number of carbonyl (C=O) groups is 2. The van der Waals surface area contributed by atoms with E-state index in [0.717, 1.165) is 0 Å². The van der Waals surface area contributed by atoms with Gasteiger partial charge in [-0.15, -0.1) is 6.58 Å². The maximum absolute atomic E-state index is 11.5. The van der Waals surface area contributed by atoms with Crippen molar-refractivity contribution in [2.45, 2.75) is 25.9 Å². The molecule has 1 aliphatic carbocycles. The fourth-order valence-corrected chi connectivity index (χ4v) is 1.64. The Bertz CT molecular complexity index is 304. The fourth-order valence-electron chi connectivity index (χ4n) is 1.64. The Kier molecular flexibility index (Phi) is 2.89. The Labute approximate surface area is 83.4 Å². The SMILES string of the molecule is C=CCC1C=CC(=O)C1(C)OC(C)=O. The molecular weight excluding hydrogens is 180 g/mol. The zero-order valence-electron chi connectivity index (χ0n) is 8.45. The summed E-state index contributed by atoms with van der Waals surface area (Å²) in [5.41, 5.74) is -1.03. The topological polar surface area (TPSA) is 43.4 Å². The van der Waals surface area contributed by atoms with Crippen LogP contribution in [0.2, 0.25) is 0 Å². The van der Waals surface area contributed by atoms with Crippen LogP contribution in [0.3, 0.4) is 0 Å². The quantitative estimate of drug-likeness (QED) is 0.506. The lowest BCUT2D eigenvalue weighted by molar-refractivity contribution is -0.164. The van der Waals surface area contributed by atoms with Crippen LogP contribution in [0.1, 0.15) is 20.3 Å². The highest BCUT2D eigenvalue weighted by Gasteiger charge is 2.44. The van der Waals surface area contributed by atoms with Crippen molar-refractivity contribution in [1.29, 1.82) is 0 Å². The first-order valence-corrected chi connectivity index (χ1v) is 4.54. The van der Waals surface area contributed by atoms with Crippen LogP contribution in [-0.2, 0) is 14.3 Å². The van der Waals surface area contributed by atoms with Gasteiger partial charge < -0.3 is 4.74 Å². The van der Waals surface area contributed by atoms with Crippen molar-refractivity contribution < 1.29 is 14.3 Å². The van der Waals surface area contributed by atoms with Crippen molar-refractivity contribution in [3.63, 3.8) is 0 Å². The molecule has 0 aromatic rings. The van der Waals surface area contributed by atoms with Crippen LogP contribution < -0.4 is 0 Å². The largest absolute Gasteiger partial charge is 0.451 e. The number of rotatable bonds is 3. The lowest BCUT2D eigenvalue weighted by atomic mass is 9.88. The van der Waals surface area contributed by atoms with E-state index in [0.29, 0.717) is 6.42 Å². The summed E-state index contributed by atoms with van der Waals surface area (Å²) in [6, 6.07) is 0. The lowest BCUT2D eigenvalue weighted by Crippen LogP contribution is -2.41. The van der Waals surface area contributed by atoms with E-state index in [9.17, 15) is 9.59 Å². The average Bonchev–Trinajstić information content (AvgIpc) is 2.32. The minimum atomic E-state index is -1.03. The third kappa shape index (κ3) is 1.76. The van der Waals surface area contributed by atoms with E-state index >= 15 is 0 Å². The second-order valence-corrected chi connectivity index (χ2v) is 3.55. The molecule has 0 saturated carbocycles. The van der Waals surface area contributed by atoms with Crippen LogP contribution in [0.4, 0.5) is 0 Å². The molecule has 76 valence electrons. The van der Waals surface area contributed by atoms with Crippen LogP contribution in [0.25, 0.3) is 0 Å². The predicted octanol–water partition coefficient (Wildman–Crippen LogP) is 1.64. The van der Waals surface area contributed by atoms with E-state index in [1.165, 1.54) is 13.0 Å². The molecule has 0 aliphatic heterocycles. The Hall–Kier alpha value is -1.38. The van der Waals surface area contributed by atoms with Gasteiger partial charge in [0.2, 0.25) is 0 Å². The van der Waals surface area contributed by atoms with Crippen molar-refractivity contribution in [2.24, 2.45) is 5.92 Å². The molecular formula is C11H14O3. The van der Waals surface area contributed by atoms with Gasteiger partial charge in [0, 0.05) is 12.8 Å². The highest BCUT2D eigenvalue weighted by Crippen LogP contribution is 2.33. The minimum Gasteiger partial charge on any atom is -0.451 e. The summed E-state index contributed by atoms with van der Waals surface area (Å²) in [5, 5.41) is 0. The standard InChI is InChI=1S/C11H14O3/c1-4-5-9-6-7-10(13)11(9,3)14-8(2)12/h4,6-7,9H,1,5H2,2-3H3. The summed E-state index contributed by atoms with van der Waals surface area (Å²) >= 11 is 0. The maximum Gasteiger partial charge on any atom is 0.303 e. The van der Waals surface area contributed by atoms with Gasteiger partial charge in [-0.1, -0.05) is 12.2 Å². The van der Waals surface area contributed by atoms with Gasteiger partial charge in [0.1, 0.15) is 0 Å². The van der Waals surface area contributed by atoms with Crippen LogP contribution >= 0.6 is 0 Å². The Morgan fingerprint density at radius 1 is 1.79 bits per heavy atom. The summed E-state index contributed by atoms with van der Waals surface area (Å²) in [4.78, 5) is 22.4. The molecule has 0 fully saturated rings. The van der Waals surface area contributed by atoms with Crippen molar-refractivity contribution >= 4 is 11.8 Å². The number of hydrogen-bond acceptors (Lipinski definition) is 3. The van der Waals surface area contributed by atoms with Gasteiger partial charge in [-0.2, -0.15) is 0 Å². The minimum absolute atomic E-state index is 0.0867. The highest BCUT2D eigenvalue weighted by molar-refractivity contribution is 6.00. The van der Waals surface area contributed by atoms with Crippen LogP contribution in [0.15, 0.2) is 24.8 Å². The van der Waals surface area contributed by atoms with E-state index in [2.05, 4.69) is 6.58 Å². The highest BCUT2D eigenvalue weighted by atomic mass is 16.6. The number of hydrogen-bond donors (Lipinski definition) is 0. The normalized spacial score (nSPS) is 30.4. The molecule has 0 spiro atoms. The molecule has 0 heterocycles. The number of carbonyl (C=O) groups excluding carboxylic acids is 2. The molecule has 0 aromatic heterocycles. The molecule has 0 saturated heterocycles. The van der Waals surface area contributed by atoms with Crippen molar-refractivity contribution in [1.82, 2.24) is 0 Å². The number of ether oxygens (including phenoxy) is 1. The van der Waals surface area contributed by atoms with Gasteiger partial charge in [-0.25, -0.2) is 0 Å². The first kappa shape index (κ1) is 10.7. The second-order valence-electron chi connectivity index (χ2n) is 3.55. The first-order chi connectivity index (χ1) is 6.50. The zero-order chi connectivity index (χ0) is 10.8. The maximum atomic E-state index is 11.5. The third-order valence-corrected chi connectivity index (χ3v) is 2.45. The average molecular weight is 194 g/mol. The molecule has 0 amide bonds. The Morgan fingerprint density at radius 3 is 2.93 bits per heavy atom. The molecule has 0 bridgehead atoms. The van der Waals surface area contributed by atoms with Crippen LogP contribution in [-0.4, -0.2) is 17.4 Å². The lowest BCUT2D eigenvalue weighted by Gasteiger charge is -2.28. The number of esters is 1. The summed E-state index contributed by atoms with van der Waals surface area (Å²) < 4.78 is 5.08. The van der Waals surface area contributed by atoms with Crippen molar-refractivity contribution in [3.05, 3.63) is 24.8 Å². The van der Waals surface area contributed by atoms with E-state index < -0.39 is 11.6 Å². The molecule has 0 N–H and O–H groups in total. The molecule has 2 unspecified atom stereocenters. The molecule has 0 aromatic carbocycles. The van der Waals surface area contributed by atoms with Crippen LogP contribution in [0, 0.1) is 5.92 Å². The van der Waals surface area contributed by atoms with Gasteiger partial charge in [0.25, 0.3) is 0 Å². The second kappa shape index (κ2) is 3.78. The van der Waals surface area contributed by atoms with E-state index in [1.54, 1.807) is 19.1 Å². The van der Waals surface area contributed by atoms with Crippen molar-refractivity contribution in [2.75, 3.05) is 0 Å². The third-order valence-electron chi connectivity index (χ3n) is 2.45. The van der Waals surface area contributed by atoms with Gasteiger partial charge in [-0.05, 0) is 19.4 Å². The molecule has 3 nitrogen and oxygen atoms in total. The van der Waals surface area contributed by atoms with Gasteiger partial charge in [-0.3, -0.25) is 9.59 Å². The van der Waals surface area contributed by atoms with Crippen LogP contribution in [0.5, 0.6) is 0 Å². The molecule has 3 heteroatoms. The Balaban J connectivity index is 2.86. The van der Waals surface area contributed by atoms with Gasteiger partial charge in [0.15, 0.2) is 11.4 Å². The summed E-state index contributed by atoms with van der Waals surface area (Å²) in [6.45, 7) is 6.56. The molecule has 2 atom stereocenters. The molecule has 1 aliphatic rings. The predicted molar refractivity (Wildman–Crippen MR) is 52.6 cm³/mol. The van der Waals surface area contributed by atoms with E-state index in [1.807, 2.05) is 0 Å². The Morgan fingerprint density at radius 2 is 2.43 bits per heavy atom. The monoisotopic (exact) mass is 194 g/mol. The van der Waals surface area contributed by atoms with Crippen molar-refractivity contribution in [3.8, 4) is 0 Å². The molecule has 0 radical (unpaired) electrons. The van der Waals surface area contributed by atoms with E-state index in [4.69, 9.17) is 4.74 Å². The fraction of sp³-hybridized carbons (Fsp3) is 0.455. The summed E-state index contributed by atoms with van der Waals surface area (Å²) in [7, 11) is 0. The van der Waals surface area contributed by atoms with Gasteiger partial charge in [0.05, 0.1) is 0 Å². The van der Waals surface area contributed by atoms with E-state index in [-0.39, 0.29) is 11.7 Å². The molecule has 14 heavy (non-hydrogen) atoms. The number of ketones is 1. The van der Waals surface area contributed by atoms with Gasteiger partial charge >= 0.3 is 5.97 Å². The molecule has 1 rings (SSSR count). The smallest absolute Gasteiger partial charge is 0.303 e. The summed E-state index contributed by atoms with van der Waals surface area (Å²) in [5.74, 6) is -0.672. The number of allylic oxidation sites excluding steroid dienone is 1. The zero-order valence-corrected chi connectivity index (χ0v) is 8.45. The summed E-state index contributed by atoms with van der Waals surface area (Å²) in [6.07, 6.45) is 5.59.